The van der Waals surface area contributed by atoms with Gasteiger partial charge < -0.3 is 10.0 Å². The van der Waals surface area contributed by atoms with Crippen molar-refractivity contribution in [3.8, 4) is 0 Å². The van der Waals surface area contributed by atoms with E-state index in [0.29, 0.717) is 0 Å². The lowest BCUT2D eigenvalue weighted by Crippen LogP contribution is -2.28. The molecule has 0 radical (unpaired) electrons. The molecular formula is C16H25NO2. The highest BCUT2D eigenvalue weighted by Crippen LogP contribution is 2.11. The van der Waals surface area contributed by atoms with Crippen molar-refractivity contribution in [3.05, 3.63) is 35.4 Å². The van der Waals surface area contributed by atoms with E-state index in [-0.39, 0.29) is 6.42 Å². The normalized spacial score (nSPS) is 10.9. The maximum atomic E-state index is 10.9. The first kappa shape index (κ1) is 15.7. The summed E-state index contributed by atoms with van der Waals surface area (Å²) in [5.41, 5.74) is 2.12. The number of carboxylic acids is 1. The summed E-state index contributed by atoms with van der Waals surface area (Å²) in [7, 11) is 0. The Morgan fingerprint density at radius 3 is 2.16 bits per heavy atom. The van der Waals surface area contributed by atoms with E-state index < -0.39 is 5.97 Å². The molecule has 3 nitrogen and oxygen atoms in total. The van der Waals surface area contributed by atoms with E-state index in [2.05, 4.69) is 18.7 Å². The van der Waals surface area contributed by atoms with Crippen LogP contribution in [0.2, 0.25) is 0 Å². The molecule has 1 aromatic rings. The smallest absolute Gasteiger partial charge is 0.307 e. The van der Waals surface area contributed by atoms with Crippen LogP contribution in [0.3, 0.4) is 0 Å². The highest BCUT2D eigenvalue weighted by molar-refractivity contribution is 5.70. The van der Waals surface area contributed by atoms with Crippen molar-refractivity contribution in [1.29, 1.82) is 0 Å². The molecule has 0 amide bonds. The largest absolute Gasteiger partial charge is 0.481 e. The summed E-state index contributed by atoms with van der Waals surface area (Å²) in [5, 5.41) is 8.93. The van der Waals surface area contributed by atoms with E-state index in [0.717, 1.165) is 44.5 Å². The van der Waals surface area contributed by atoms with E-state index >= 15 is 0 Å². The Labute approximate surface area is 116 Å². The van der Waals surface area contributed by atoms with Crippen LogP contribution in [0.1, 0.15) is 37.8 Å². The lowest BCUT2D eigenvalue weighted by Gasteiger charge is -2.21. The summed E-state index contributed by atoms with van der Waals surface area (Å²) in [6, 6.07) is 7.88. The quantitative estimate of drug-likeness (QED) is 0.744. The Bertz CT molecular complexity index is 384. The average molecular weight is 263 g/mol. The number of hydrogen-bond acceptors (Lipinski definition) is 2. The highest BCUT2D eigenvalue weighted by atomic mass is 16.4. The Morgan fingerprint density at radius 2 is 1.63 bits per heavy atom. The fraction of sp³-hybridized carbons (Fsp3) is 0.562. The molecule has 0 aliphatic heterocycles. The molecule has 0 unspecified atom stereocenters. The van der Waals surface area contributed by atoms with Gasteiger partial charge in [0.15, 0.2) is 0 Å². The van der Waals surface area contributed by atoms with Crippen molar-refractivity contribution >= 4 is 5.97 Å². The molecule has 0 heterocycles. The molecule has 1 aromatic carbocycles. The van der Waals surface area contributed by atoms with Gasteiger partial charge in [-0.1, -0.05) is 38.1 Å². The molecule has 0 bridgehead atoms. The second-order valence-corrected chi connectivity index (χ2v) is 4.93. The molecular weight excluding hydrogens is 238 g/mol. The third-order valence-electron chi connectivity index (χ3n) is 3.24. The fourth-order valence-corrected chi connectivity index (χ4v) is 2.38. The first-order valence-corrected chi connectivity index (χ1v) is 7.18. The Balaban J connectivity index is 2.62. The van der Waals surface area contributed by atoms with Gasteiger partial charge in [-0.15, -0.1) is 0 Å². The summed E-state index contributed by atoms with van der Waals surface area (Å²) < 4.78 is 0. The van der Waals surface area contributed by atoms with Crippen molar-refractivity contribution in [2.24, 2.45) is 0 Å². The summed E-state index contributed by atoms with van der Waals surface area (Å²) in [6.45, 7) is 7.64. The summed E-state index contributed by atoms with van der Waals surface area (Å²) in [6.07, 6.45) is 3.38. The molecule has 106 valence electrons. The lowest BCUT2D eigenvalue weighted by atomic mass is 10.0. The second-order valence-electron chi connectivity index (χ2n) is 4.93. The molecule has 1 N–H and O–H groups in total. The fourth-order valence-electron chi connectivity index (χ4n) is 2.38. The van der Waals surface area contributed by atoms with Gasteiger partial charge in [0.2, 0.25) is 0 Å². The maximum absolute atomic E-state index is 10.9. The van der Waals surface area contributed by atoms with E-state index in [9.17, 15) is 4.79 Å². The van der Waals surface area contributed by atoms with Gasteiger partial charge in [-0.3, -0.25) is 4.79 Å². The number of nitrogens with zero attached hydrogens (tertiary/aromatic N) is 1. The molecule has 0 aliphatic rings. The minimum absolute atomic E-state index is 0.123. The highest BCUT2D eigenvalue weighted by Gasteiger charge is 2.08. The summed E-state index contributed by atoms with van der Waals surface area (Å²) in [4.78, 5) is 13.3. The Hall–Kier alpha value is -1.35. The van der Waals surface area contributed by atoms with Crippen LogP contribution in [-0.4, -0.2) is 35.6 Å². The zero-order chi connectivity index (χ0) is 14.1. The molecule has 0 aromatic heterocycles. The zero-order valence-electron chi connectivity index (χ0n) is 12.1. The molecule has 1 rings (SSSR count). The second kappa shape index (κ2) is 8.70. The molecule has 3 heteroatoms. The van der Waals surface area contributed by atoms with Crippen molar-refractivity contribution in [2.45, 2.75) is 39.5 Å². The van der Waals surface area contributed by atoms with Crippen LogP contribution in [0.5, 0.6) is 0 Å². The third-order valence-corrected chi connectivity index (χ3v) is 3.24. The van der Waals surface area contributed by atoms with Gasteiger partial charge in [-0.05, 0) is 43.5 Å². The van der Waals surface area contributed by atoms with Gasteiger partial charge in [0.05, 0.1) is 6.42 Å². The van der Waals surface area contributed by atoms with Crippen LogP contribution in [-0.2, 0) is 17.6 Å². The van der Waals surface area contributed by atoms with Crippen LogP contribution >= 0.6 is 0 Å². The van der Waals surface area contributed by atoms with Gasteiger partial charge in [0, 0.05) is 6.54 Å². The minimum Gasteiger partial charge on any atom is -0.481 e. The van der Waals surface area contributed by atoms with Gasteiger partial charge in [0.25, 0.3) is 0 Å². The van der Waals surface area contributed by atoms with E-state index in [1.54, 1.807) is 0 Å². The minimum atomic E-state index is -0.758. The van der Waals surface area contributed by atoms with E-state index in [1.165, 1.54) is 5.56 Å². The number of aliphatic carboxylic acids is 1. The third kappa shape index (κ3) is 5.88. The van der Waals surface area contributed by atoms with Gasteiger partial charge in [-0.2, -0.15) is 0 Å². The average Bonchev–Trinajstić information content (AvgIpc) is 2.37. The molecule has 0 saturated carbocycles. The summed E-state index contributed by atoms with van der Waals surface area (Å²) >= 11 is 0. The number of carbonyl (C=O) groups is 1. The van der Waals surface area contributed by atoms with Crippen LogP contribution in [0, 0.1) is 0 Å². The monoisotopic (exact) mass is 263 g/mol. The number of hydrogen-bond donors (Lipinski definition) is 1. The first-order chi connectivity index (χ1) is 9.17. The number of benzene rings is 1. The van der Waals surface area contributed by atoms with Crippen molar-refractivity contribution in [2.75, 3.05) is 19.6 Å². The van der Waals surface area contributed by atoms with E-state index in [4.69, 9.17) is 5.11 Å². The van der Waals surface area contributed by atoms with Gasteiger partial charge in [-0.25, -0.2) is 0 Å². The lowest BCUT2D eigenvalue weighted by molar-refractivity contribution is -0.136. The molecule has 19 heavy (non-hydrogen) atoms. The summed E-state index contributed by atoms with van der Waals surface area (Å²) in [5.74, 6) is -0.758. The predicted octanol–water partition coefficient (Wildman–Crippen LogP) is 2.98. The maximum Gasteiger partial charge on any atom is 0.307 e. The Kier molecular flexibility index (Phi) is 7.19. The van der Waals surface area contributed by atoms with Crippen LogP contribution in [0.15, 0.2) is 24.3 Å². The molecule has 0 spiro atoms. The van der Waals surface area contributed by atoms with Crippen molar-refractivity contribution < 1.29 is 9.90 Å². The van der Waals surface area contributed by atoms with Crippen LogP contribution in [0.25, 0.3) is 0 Å². The molecule has 0 atom stereocenters. The molecule has 0 fully saturated rings. The van der Waals surface area contributed by atoms with E-state index in [1.807, 2.05) is 24.3 Å². The molecule has 0 aliphatic carbocycles. The van der Waals surface area contributed by atoms with Crippen molar-refractivity contribution in [3.63, 3.8) is 0 Å². The Morgan fingerprint density at radius 1 is 1.05 bits per heavy atom. The SMILES string of the molecule is CCCN(CCC)CCc1ccccc1CC(=O)O. The first-order valence-electron chi connectivity index (χ1n) is 7.18. The number of carboxylic acid groups (broad SMARTS) is 1. The zero-order valence-corrected chi connectivity index (χ0v) is 12.1. The van der Waals surface area contributed by atoms with Crippen LogP contribution < -0.4 is 0 Å². The molecule has 0 saturated heterocycles. The van der Waals surface area contributed by atoms with Gasteiger partial charge >= 0.3 is 5.97 Å². The standard InChI is InChI=1S/C16H25NO2/c1-3-10-17(11-4-2)12-9-14-7-5-6-8-15(14)13-16(18)19/h5-8H,3-4,9-13H2,1-2H3,(H,18,19). The predicted molar refractivity (Wildman–Crippen MR) is 78.5 cm³/mol. The van der Waals surface area contributed by atoms with Gasteiger partial charge in [0.1, 0.15) is 0 Å². The topological polar surface area (TPSA) is 40.5 Å². The van der Waals surface area contributed by atoms with Crippen LogP contribution in [0.4, 0.5) is 0 Å². The number of rotatable bonds is 9. The van der Waals surface area contributed by atoms with Crippen molar-refractivity contribution in [1.82, 2.24) is 4.90 Å².